The first-order valence-corrected chi connectivity index (χ1v) is 5.24. The lowest BCUT2D eigenvalue weighted by Gasteiger charge is -2.07. The Morgan fingerprint density at radius 2 is 2.24 bits per heavy atom. The van der Waals surface area contributed by atoms with E-state index in [2.05, 4.69) is 10.4 Å². The molecule has 0 bridgehead atoms. The molecule has 0 aromatic carbocycles. The molecule has 0 saturated carbocycles. The number of nitrogens with zero attached hydrogens (tertiary/aromatic N) is 2. The third-order valence-electron chi connectivity index (χ3n) is 2.15. The van der Waals surface area contributed by atoms with E-state index in [0.717, 1.165) is 0 Å². The van der Waals surface area contributed by atoms with Crippen LogP contribution < -0.4 is 5.32 Å². The van der Waals surface area contributed by atoms with Crippen LogP contribution in [-0.4, -0.2) is 44.5 Å². The van der Waals surface area contributed by atoms with E-state index in [1.165, 1.54) is 0 Å². The van der Waals surface area contributed by atoms with Crippen molar-refractivity contribution in [3.8, 4) is 0 Å². The van der Waals surface area contributed by atoms with E-state index in [9.17, 15) is 9.59 Å². The molecule has 94 valence electrons. The van der Waals surface area contributed by atoms with Gasteiger partial charge in [0.15, 0.2) is 6.10 Å². The van der Waals surface area contributed by atoms with E-state index in [1.807, 2.05) is 0 Å². The van der Waals surface area contributed by atoms with E-state index < -0.39 is 12.1 Å². The maximum absolute atomic E-state index is 11.3. The van der Waals surface area contributed by atoms with Gasteiger partial charge in [0.1, 0.15) is 0 Å². The molecule has 0 aliphatic carbocycles. The highest BCUT2D eigenvalue weighted by molar-refractivity contribution is 5.76. The van der Waals surface area contributed by atoms with Gasteiger partial charge in [-0.05, 0) is 6.07 Å². The van der Waals surface area contributed by atoms with Crippen LogP contribution in [0.3, 0.4) is 0 Å². The maximum atomic E-state index is 11.3. The summed E-state index contributed by atoms with van der Waals surface area (Å²) in [5.41, 5.74) is 0. The predicted octanol–water partition coefficient (Wildman–Crippen LogP) is -0.775. The number of hydrogen-bond acceptors (Lipinski definition) is 4. The minimum Gasteiger partial charge on any atom is -0.479 e. The van der Waals surface area contributed by atoms with Crippen molar-refractivity contribution in [2.45, 2.75) is 25.5 Å². The summed E-state index contributed by atoms with van der Waals surface area (Å²) < 4.78 is 1.63. The molecule has 1 rings (SSSR count). The highest BCUT2D eigenvalue weighted by Crippen LogP contribution is 1.92. The van der Waals surface area contributed by atoms with Gasteiger partial charge < -0.3 is 15.5 Å². The molecule has 3 N–H and O–H groups in total. The number of amides is 1. The Bertz CT molecular complexity index is 364. The second-order valence-electron chi connectivity index (χ2n) is 3.51. The van der Waals surface area contributed by atoms with Crippen molar-refractivity contribution < 1.29 is 19.8 Å². The Kier molecular flexibility index (Phi) is 5.15. The largest absolute Gasteiger partial charge is 0.479 e. The van der Waals surface area contributed by atoms with Crippen molar-refractivity contribution in [2.75, 3.05) is 6.54 Å². The lowest BCUT2D eigenvalue weighted by molar-refractivity contribution is -0.147. The first-order chi connectivity index (χ1) is 8.09. The number of hydrogen-bond donors (Lipinski definition) is 3. The Morgan fingerprint density at radius 1 is 1.47 bits per heavy atom. The molecule has 1 aromatic rings. The Hall–Kier alpha value is -1.89. The molecule has 17 heavy (non-hydrogen) atoms. The molecule has 1 aromatic heterocycles. The molecule has 0 aliphatic rings. The zero-order valence-electron chi connectivity index (χ0n) is 9.24. The van der Waals surface area contributed by atoms with E-state index >= 15 is 0 Å². The number of nitrogens with one attached hydrogen (secondary N) is 1. The Balaban J connectivity index is 2.11. The minimum absolute atomic E-state index is 0.00282. The second-order valence-corrected chi connectivity index (χ2v) is 3.51. The van der Waals surface area contributed by atoms with Crippen LogP contribution in [0.4, 0.5) is 0 Å². The zero-order chi connectivity index (χ0) is 12.7. The monoisotopic (exact) mass is 241 g/mol. The van der Waals surface area contributed by atoms with Crippen molar-refractivity contribution >= 4 is 11.9 Å². The van der Waals surface area contributed by atoms with Crippen LogP contribution in [0, 0.1) is 0 Å². The molecule has 0 spiro atoms. The van der Waals surface area contributed by atoms with Crippen molar-refractivity contribution in [2.24, 2.45) is 0 Å². The van der Waals surface area contributed by atoms with E-state index in [0.29, 0.717) is 6.54 Å². The van der Waals surface area contributed by atoms with Crippen LogP contribution in [-0.2, 0) is 16.1 Å². The number of carbonyl (C=O) groups is 2. The van der Waals surface area contributed by atoms with Crippen LogP contribution in [0.2, 0.25) is 0 Å². The fourth-order valence-electron chi connectivity index (χ4n) is 1.21. The average Bonchev–Trinajstić information content (AvgIpc) is 2.78. The van der Waals surface area contributed by atoms with Gasteiger partial charge in [0.05, 0.1) is 0 Å². The quantitative estimate of drug-likeness (QED) is 0.581. The lowest BCUT2D eigenvalue weighted by Crippen LogP contribution is -2.30. The summed E-state index contributed by atoms with van der Waals surface area (Å²) in [6.07, 6.45) is 2.22. The third kappa shape index (κ3) is 5.12. The van der Waals surface area contributed by atoms with Crippen molar-refractivity contribution in [3.05, 3.63) is 18.5 Å². The molecular weight excluding hydrogens is 226 g/mol. The van der Waals surface area contributed by atoms with Crippen molar-refractivity contribution in [3.63, 3.8) is 0 Å². The summed E-state index contributed by atoms with van der Waals surface area (Å²) in [5, 5.41) is 23.8. The summed E-state index contributed by atoms with van der Waals surface area (Å²) in [7, 11) is 0. The highest BCUT2D eigenvalue weighted by Gasteiger charge is 2.12. The number of aliphatic hydroxyl groups is 1. The zero-order valence-corrected chi connectivity index (χ0v) is 9.24. The smallest absolute Gasteiger partial charge is 0.332 e. The number of aryl methyl sites for hydroxylation is 1. The summed E-state index contributed by atoms with van der Waals surface area (Å²) in [6, 6.07) is 1.77. The number of carboxylic acid groups (broad SMARTS) is 1. The summed E-state index contributed by atoms with van der Waals surface area (Å²) in [5.74, 6) is -1.48. The van der Waals surface area contributed by atoms with Gasteiger partial charge in [-0.25, -0.2) is 4.79 Å². The molecule has 1 unspecified atom stereocenters. The van der Waals surface area contributed by atoms with Gasteiger partial charge in [-0.2, -0.15) is 5.10 Å². The summed E-state index contributed by atoms with van der Waals surface area (Å²) in [4.78, 5) is 21.6. The van der Waals surface area contributed by atoms with Gasteiger partial charge >= 0.3 is 5.97 Å². The summed E-state index contributed by atoms with van der Waals surface area (Å²) >= 11 is 0. The van der Waals surface area contributed by atoms with Gasteiger partial charge in [-0.3, -0.25) is 9.48 Å². The molecule has 0 fully saturated rings. The summed E-state index contributed by atoms with van der Waals surface area (Å²) in [6.45, 7) is 0.617. The molecule has 0 radical (unpaired) electrons. The second kappa shape index (κ2) is 6.64. The van der Waals surface area contributed by atoms with E-state index in [-0.39, 0.29) is 25.3 Å². The number of aromatic nitrogens is 2. The normalized spacial score (nSPS) is 12.1. The van der Waals surface area contributed by atoms with E-state index in [1.54, 1.807) is 23.1 Å². The van der Waals surface area contributed by atoms with Crippen molar-refractivity contribution in [1.29, 1.82) is 0 Å². The SMILES string of the molecule is O=C(CCn1cccn1)NCCC(O)C(=O)O. The molecule has 1 heterocycles. The molecule has 1 atom stereocenters. The van der Waals surface area contributed by atoms with Gasteiger partial charge in [0.25, 0.3) is 0 Å². The average molecular weight is 241 g/mol. The fraction of sp³-hybridized carbons (Fsp3) is 0.500. The van der Waals surface area contributed by atoms with Gasteiger partial charge in [0, 0.05) is 38.3 Å². The molecule has 1 amide bonds. The van der Waals surface area contributed by atoms with E-state index in [4.69, 9.17) is 10.2 Å². The van der Waals surface area contributed by atoms with Gasteiger partial charge in [0.2, 0.25) is 5.91 Å². The van der Waals surface area contributed by atoms with Gasteiger partial charge in [-0.15, -0.1) is 0 Å². The van der Waals surface area contributed by atoms with Crippen LogP contribution in [0.15, 0.2) is 18.5 Å². The topological polar surface area (TPSA) is 104 Å². The molecule has 7 nitrogen and oxygen atoms in total. The van der Waals surface area contributed by atoms with Crippen LogP contribution >= 0.6 is 0 Å². The molecule has 0 saturated heterocycles. The number of carbonyl (C=O) groups excluding carboxylic acids is 1. The third-order valence-corrected chi connectivity index (χ3v) is 2.15. The number of aliphatic hydroxyl groups excluding tert-OH is 1. The molecule has 0 aliphatic heterocycles. The van der Waals surface area contributed by atoms with Crippen LogP contribution in [0.5, 0.6) is 0 Å². The first-order valence-electron chi connectivity index (χ1n) is 5.24. The first kappa shape index (κ1) is 13.2. The number of rotatable bonds is 7. The molecule has 7 heteroatoms. The van der Waals surface area contributed by atoms with Gasteiger partial charge in [-0.1, -0.05) is 0 Å². The Labute approximate surface area is 98.1 Å². The minimum atomic E-state index is -1.43. The van der Waals surface area contributed by atoms with Crippen LogP contribution in [0.1, 0.15) is 12.8 Å². The predicted molar refractivity (Wildman–Crippen MR) is 58.1 cm³/mol. The number of aliphatic carboxylic acids is 1. The number of carboxylic acids is 1. The highest BCUT2D eigenvalue weighted by atomic mass is 16.4. The van der Waals surface area contributed by atoms with Crippen LogP contribution in [0.25, 0.3) is 0 Å². The van der Waals surface area contributed by atoms with Crippen molar-refractivity contribution in [1.82, 2.24) is 15.1 Å². The Morgan fingerprint density at radius 3 is 2.82 bits per heavy atom. The standard InChI is InChI=1S/C10H15N3O4/c14-8(10(16)17)2-5-11-9(15)3-7-13-6-1-4-12-13/h1,4,6,8,14H,2-3,5,7H2,(H,11,15)(H,16,17). The molecular formula is C10H15N3O4. The fourth-order valence-corrected chi connectivity index (χ4v) is 1.21. The maximum Gasteiger partial charge on any atom is 0.332 e. The lowest BCUT2D eigenvalue weighted by atomic mass is 10.2.